The average molecular weight is 494 g/mol. The van der Waals surface area contributed by atoms with Gasteiger partial charge in [0.2, 0.25) is 0 Å². The fourth-order valence-electron chi connectivity index (χ4n) is 5.11. The Balaban J connectivity index is 0.00000361. The number of Topliss-reactive ketones (excluding diaryl/α,β-unsaturated/α-hetero) is 1. The van der Waals surface area contributed by atoms with Gasteiger partial charge in [0.05, 0.1) is 19.3 Å². The molecule has 0 radical (unpaired) electrons. The monoisotopic (exact) mass is 493 g/mol. The Morgan fingerprint density at radius 1 is 1.08 bits per heavy atom. The Kier molecular flexibility index (Phi) is 8.58. The van der Waals surface area contributed by atoms with Gasteiger partial charge in [0.1, 0.15) is 18.1 Å². The lowest BCUT2D eigenvalue weighted by Crippen LogP contribution is -2.37. The number of nitrogens with zero attached hydrogens (tertiary/aromatic N) is 1. The molecule has 36 heavy (non-hydrogen) atoms. The number of allylic oxidation sites excluding steroid dienone is 3. The van der Waals surface area contributed by atoms with Crippen molar-refractivity contribution >= 4 is 11.8 Å². The zero-order valence-electron chi connectivity index (χ0n) is 20.5. The molecule has 0 aromatic heterocycles. The predicted molar refractivity (Wildman–Crippen MR) is 138 cm³/mol. The van der Waals surface area contributed by atoms with Gasteiger partial charge in [0.15, 0.2) is 5.78 Å². The molecule has 7 heteroatoms. The highest BCUT2D eigenvalue weighted by atomic mass is 16.6. The van der Waals surface area contributed by atoms with Gasteiger partial charge in [-0.3, -0.25) is 4.79 Å². The summed E-state index contributed by atoms with van der Waals surface area (Å²) in [5.74, 6) is -0.374. The number of methoxy groups -OCH3 is 2. The molecule has 0 saturated heterocycles. The van der Waals surface area contributed by atoms with E-state index in [1.165, 1.54) is 7.11 Å². The number of para-hydroxylation sites is 1. The maximum absolute atomic E-state index is 13.8. The molecule has 2 aromatic carbocycles. The highest BCUT2D eigenvalue weighted by Gasteiger charge is 2.43. The number of carbonyl (C=O) groups is 2. The van der Waals surface area contributed by atoms with E-state index in [4.69, 9.17) is 14.2 Å². The van der Waals surface area contributed by atoms with E-state index in [1.54, 1.807) is 25.3 Å². The van der Waals surface area contributed by atoms with E-state index in [0.29, 0.717) is 35.2 Å². The molecular weight excluding hydrogens is 458 g/mol. The normalized spacial score (nSPS) is 19.6. The Labute approximate surface area is 213 Å². The SMILES string of the molecule is C.COCCOC(=O)C1=C(C)N(C)C2=C(C(=O)CC(c3ccccc3OC)C2)C1c1cccc(O)c1. The van der Waals surface area contributed by atoms with Crippen LogP contribution in [0.5, 0.6) is 11.5 Å². The molecule has 1 N–H and O–H groups in total. The van der Waals surface area contributed by atoms with E-state index in [1.807, 2.05) is 49.2 Å². The second-order valence-corrected chi connectivity index (χ2v) is 8.85. The fourth-order valence-corrected chi connectivity index (χ4v) is 5.11. The second-order valence-electron chi connectivity index (χ2n) is 8.85. The van der Waals surface area contributed by atoms with Crippen molar-refractivity contribution in [3.63, 3.8) is 0 Å². The van der Waals surface area contributed by atoms with E-state index in [0.717, 1.165) is 17.0 Å². The molecular formula is C29H35NO6. The average Bonchev–Trinajstić information content (AvgIpc) is 2.86. The van der Waals surface area contributed by atoms with Crippen LogP contribution in [-0.4, -0.2) is 56.2 Å². The number of benzene rings is 2. The van der Waals surface area contributed by atoms with Gasteiger partial charge >= 0.3 is 5.97 Å². The third-order valence-electron chi connectivity index (χ3n) is 6.88. The molecule has 2 unspecified atom stereocenters. The van der Waals surface area contributed by atoms with Gasteiger partial charge in [-0.05, 0) is 42.7 Å². The van der Waals surface area contributed by atoms with E-state index in [-0.39, 0.29) is 38.1 Å². The van der Waals surface area contributed by atoms with Gasteiger partial charge in [-0.2, -0.15) is 0 Å². The van der Waals surface area contributed by atoms with Crippen LogP contribution in [0.3, 0.4) is 0 Å². The van der Waals surface area contributed by atoms with Gasteiger partial charge in [-0.25, -0.2) is 4.79 Å². The minimum absolute atomic E-state index is 0. The number of esters is 1. The van der Waals surface area contributed by atoms with Crippen molar-refractivity contribution in [2.24, 2.45) is 0 Å². The maximum atomic E-state index is 13.8. The van der Waals surface area contributed by atoms with Crippen molar-refractivity contribution < 1.29 is 28.9 Å². The van der Waals surface area contributed by atoms with Crippen LogP contribution in [0.2, 0.25) is 0 Å². The molecule has 0 spiro atoms. The Hall–Kier alpha value is -3.58. The van der Waals surface area contributed by atoms with Gasteiger partial charge in [-0.15, -0.1) is 0 Å². The highest BCUT2D eigenvalue weighted by molar-refractivity contribution is 6.04. The quantitative estimate of drug-likeness (QED) is 0.432. The van der Waals surface area contributed by atoms with E-state index in [9.17, 15) is 14.7 Å². The second kappa shape index (κ2) is 11.4. The third-order valence-corrected chi connectivity index (χ3v) is 6.88. The van der Waals surface area contributed by atoms with Gasteiger partial charge in [0, 0.05) is 49.4 Å². The highest BCUT2D eigenvalue weighted by Crippen LogP contribution is 2.49. The van der Waals surface area contributed by atoms with Crippen LogP contribution in [0.4, 0.5) is 0 Å². The van der Waals surface area contributed by atoms with Crippen molar-refractivity contribution in [3.8, 4) is 11.5 Å². The van der Waals surface area contributed by atoms with Crippen molar-refractivity contribution in [2.75, 3.05) is 34.5 Å². The van der Waals surface area contributed by atoms with Crippen LogP contribution in [0, 0.1) is 0 Å². The van der Waals surface area contributed by atoms with Crippen LogP contribution < -0.4 is 4.74 Å². The Morgan fingerprint density at radius 3 is 2.53 bits per heavy atom. The lowest BCUT2D eigenvalue weighted by molar-refractivity contribution is -0.140. The minimum Gasteiger partial charge on any atom is -0.508 e. The first kappa shape index (κ1) is 27.0. The van der Waals surface area contributed by atoms with Gasteiger partial charge in [-0.1, -0.05) is 37.8 Å². The summed E-state index contributed by atoms with van der Waals surface area (Å²) in [5, 5.41) is 10.2. The summed E-state index contributed by atoms with van der Waals surface area (Å²) in [5.41, 5.74) is 4.23. The molecule has 2 aromatic rings. The third kappa shape index (κ3) is 5.02. The topological polar surface area (TPSA) is 85.3 Å². The maximum Gasteiger partial charge on any atom is 0.336 e. The molecule has 7 nitrogen and oxygen atoms in total. The zero-order chi connectivity index (χ0) is 25.1. The number of phenolic OH excluding ortho intramolecular Hbond substituents is 1. The van der Waals surface area contributed by atoms with E-state index >= 15 is 0 Å². The largest absolute Gasteiger partial charge is 0.508 e. The number of rotatable bonds is 7. The van der Waals surface area contributed by atoms with Gasteiger partial charge in [0.25, 0.3) is 0 Å². The van der Waals surface area contributed by atoms with Crippen LogP contribution in [0.15, 0.2) is 71.1 Å². The molecule has 4 rings (SSSR count). The molecule has 0 amide bonds. The lowest BCUT2D eigenvalue weighted by Gasteiger charge is -2.41. The Morgan fingerprint density at radius 2 is 1.83 bits per heavy atom. The molecule has 0 fully saturated rings. The van der Waals surface area contributed by atoms with Crippen LogP contribution >= 0.6 is 0 Å². The summed E-state index contributed by atoms with van der Waals surface area (Å²) in [6, 6.07) is 14.5. The molecule has 2 aliphatic rings. The summed E-state index contributed by atoms with van der Waals surface area (Å²) < 4.78 is 16.1. The standard InChI is InChI=1S/C28H31NO6.CH4/c1-17-25(28(32)35-13-12-33-3)26(18-8-7-9-20(30)14-18)27-22(29(17)2)15-19(16-23(27)31)21-10-5-6-11-24(21)34-4;/h5-11,14,19,26,30H,12-13,15-16H2,1-4H3;1H4. The number of carbonyl (C=O) groups excluding carboxylic acids is 2. The number of hydrogen-bond acceptors (Lipinski definition) is 7. The number of phenols is 1. The van der Waals surface area contributed by atoms with Crippen LogP contribution in [0.1, 0.15) is 50.2 Å². The summed E-state index contributed by atoms with van der Waals surface area (Å²) in [6.45, 7) is 2.25. The number of hydrogen-bond donors (Lipinski definition) is 1. The van der Waals surface area contributed by atoms with Crippen molar-refractivity contribution in [1.29, 1.82) is 0 Å². The molecule has 1 aliphatic carbocycles. The first-order valence-corrected chi connectivity index (χ1v) is 11.7. The summed E-state index contributed by atoms with van der Waals surface area (Å²) in [7, 11) is 5.05. The number of ether oxygens (including phenoxy) is 3. The smallest absolute Gasteiger partial charge is 0.336 e. The van der Waals surface area contributed by atoms with Crippen molar-refractivity contribution in [1.82, 2.24) is 4.90 Å². The van der Waals surface area contributed by atoms with Crippen molar-refractivity contribution in [3.05, 3.63) is 82.2 Å². The van der Waals surface area contributed by atoms with E-state index < -0.39 is 11.9 Å². The molecule has 1 heterocycles. The number of ketones is 1. The summed E-state index contributed by atoms with van der Waals surface area (Å²) in [4.78, 5) is 29.0. The fraction of sp³-hybridized carbons (Fsp3) is 0.379. The zero-order valence-corrected chi connectivity index (χ0v) is 20.5. The Bertz CT molecular complexity index is 1200. The molecule has 192 valence electrons. The van der Waals surface area contributed by atoms with E-state index in [2.05, 4.69) is 0 Å². The van der Waals surface area contributed by atoms with Crippen molar-refractivity contribution in [2.45, 2.75) is 39.0 Å². The lowest BCUT2D eigenvalue weighted by atomic mass is 9.71. The number of aromatic hydroxyl groups is 1. The predicted octanol–water partition coefficient (Wildman–Crippen LogP) is 4.93. The first-order valence-electron chi connectivity index (χ1n) is 11.7. The van der Waals surface area contributed by atoms with Crippen LogP contribution in [0.25, 0.3) is 0 Å². The van der Waals surface area contributed by atoms with Crippen LogP contribution in [-0.2, 0) is 19.1 Å². The molecule has 0 bridgehead atoms. The minimum atomic E-state index is -0.630. The molecule has 2 atom stereocenters. The molecule has 0 saturated carbocycles. The first-order chi connectivity index (χ1) is 16.9. The summed E-state index contributed by atoms with van der Waals surface area (Å²) >= 11 is 0. The summed E-state index contributed by atoms with van der Waals surface area (Å²) in [6.07, 6.45) is 0.921. The van der Waals surface area contributed by atoms with Gasteiger partial charge < -0.3 is 24.2 Å². The molecule has 1 aliphatic heterocycles.